The number of carboxylic acids is 2. The Balaban J connectivity index is 2.82. The second kappa shape index (κ2) is 15.6. The van der Waals surface area contributed by atoms with Crippen LogP contribution in [0.5, 0.6) is 0 Å². The third-order valence-corrected chi connectivity index (χ3v) is 5.66. The molecule has 0 fully saturated rings. The molecule has 0 spiro atoms. The Hall–Kier alpha value is -3.51. The van der Waals surface area contributed by atoms with Crippen molar-refractivity contribution in [1.82, 2.24) is 21.3 Å². The molecule has 1 aromatic carbocycles. The molecule has 0 aromatic heterocycles. The summed E-state index contributed by atoms with van der Waals surface area (Å²) in [5, 5.41) is 38.6. The van der Waals surface area contributed by atoms with Gasteiger partial charge in [0.15, 0.2) is 0 Å². The molecular formula is C25H38N4O8. The van der Waals surface area contributed by atoms with E-state index in [4.69, 9.17) is 5.11 Å². The highest BCUT2D eigenvalue weighted by molar-refractivity contribution is 5.94. The molecule has 5 atom stereocenters. The standard InChI is InChI=1S/C25H38N4O8/c1-14(2)20(25(36)37)28-22(33)15(3)27-24(35)21(16(4)30)29-23(34)18(10-11-19(31)32)26-13-12-17-8-6-5-7-9-17/h5-9,14-16,18,20-21,26,30H,10-13H2,1-4H3,(H,27,35)(H,28,33)(H,29,34)(H,31,32)(H,36,37)/t15-,16+,18-,20-,21-/m0/s1. The summed E-state index contributed by atoms with van der Waals surface area (Å²) in [6, 6.07) is 4.76. The van der Waals surface area contributed by atoms with Gasteiger partial charge >= 0.3 is 11.9 Å². The van der Waals surface area contributed by atoms with Crippen LogP contribution in [0.25, 0.3) is 0 Å². The first-order valence-electron chi connectivity index (χ1n) is 12.1. The number of amides is 3. The van der Waals surface area contributed by atoms with Crippen LogP contribution < -0.4 is 21.3 Å². The van der Waals surface area contributed by atoms with Crippen LogP contribution in [0.15, 0.2) is 30.3 Å². The summed E-state index contributed by atoms with van der Waals surface area (Å²) in [6.45, 7) is 6.23. The minimum absolute atomic E-state index is 0.0469. The summed E-state index contributed by atoms with van der Waals surface area (Å²) < 4.78 is 0. The number of hydrogen-bond acceptors (Lipinski definition) is 7. The van der Waals surface area contributed by atoms with Gasteiger partial charge in [-0.05, 0) is 44.7 Å². The zero-order chi connectivity index (χ0) is 28.1. The summed E-state index contributed by atoms with van der Waals surface area (Å²) in [4.78, 5) is 60.5. The molecule has 1 aromatic rings. The van der Waals surface area contributed by atoms with Crippen LogP contribution in [0.3, 0.4) is 0 Å². The summed E-state index contributed by atoms with van der Waals surface area (Å²) in [6.07, 6.45) is -1.10. The number of carbonyl (C=O) groups is 5. The minimum Gasteiger partial charge on any atom is -0.481 e. The lowest BCUT2D eigenvalue weighted by molar-refractivity contribution is -0.143. The monoisotopic (exact) mass is 522 g/mol. The molecule has 12 nitrogen and oxygen atoms in total. The number of benzene rings is 1. The van der Waals surface area contributed by atoms with E-state index in [1.807, 2.05) is 30.3 Å². The molecule has 0 radical (unpaired) electrons. The van der Waals surface area contributed by atoms with Gasteiger partial charge in [-0.15, -0.1) is 0 Å². The number of aliphatic hydroxyl groups is 1. The molecule has 1 rings (SSSR count). The summed E-state index contributed by atoms with van der Waals surface area (Å²) in [7, 11) is 0. The molecule has 7 N–H and O–H groups in total. The van der Waals surface area contributed by atoms with Gasteiger partial charge in [-0.1, -0.05) is 44.2 Å². The molecular weight excluding hydrogens is 484 g/mol. The molecule has 0 heterocycles. The van der Waals surface area contributed by atoms with Crippen LogP contribution in [-0.4, -0.2) is 81.8 Å². The first-order valence-corrected chi connectivity index (χ1v) is 12.1. The van der Waals surface area contributed by atoms with E-state index in [-0.39, 0.29) is 12.8 Å². The lowest BCUT2D eigenvalue weighted by Crippen LogP contribution is -2.59. The van der Waals surface area contributed by atoms with Gasteiger partial charge in [0.25, 0.3) is 0 Å². The summed E-state index contributed by atoms with van der Waals surface area (Å²) in [5.74, 6) is -4.99. The molecule has 12 heteroatoms. The number of hydrogen-bond donors (Lipinski definition) is 7. The smallest absolute Gasteiger partial charge is 0.326 e. The van der Waals surface area contributed by atoms with E-state index in [1.54, 1.807) is 13.8 Å². The van der Waals surface area contributed by atoms with Gasteiger partial charge in [0.2, 0.25) is 17.7 Å². The zero-order valence-corrected chi connectivity index (χ0v) is 21.6. The predicted molar refractivity (Wildman–Crippen MR) is 134 cm³/mol. The van der Waals surface area contributed by atoms with Gasteiger partial charge in [-0.2, -0.15) is 0 Å². The SMILES string of the molecule is CC(C)[C@H](NC(=O)[C@H](C)NC(=O)[C@@H](NC(=O)[C@H](CCC(=O)O)NCCc1ccccc1)[C@@H](C)O)C(=O)O. The average Bonchev–Trinajstić information content (AvgIpc) is 2.82. The first kappa shape index (κ1) is 31.5. The highest BCUT2D eigenvalue weighted by atomic mass is 16.4. The molecule has 0 unspecified atom stereocenters. The Morgan fingerprint density at radius 3 is 1.92 bits per heavy atom. The number of carboxylic acid groups (broad SMARTS) is 2. The Kier molecular flexibility index (Phi) is 13.3. The van der Waals surface area contributed by atoms with Gasteiger partial charge in [0.05, 0.1) is 12.1 Å². The Bertz CT molecular complexity index is 923. The van der Waals surface area contributed by atoms with E-state index >= 15 is 0 Å². The summed E-state index contributed by atoms with van der Waals surface area (Å²) in [5.41, 5.74) is 1.02. The van der Waals surface area contributed by atoms with Crippen molar-refractivity contribution >= 4 is 29.7 Å². The quantitative estimate of drug-likeness (QED) is 0.152. The molecule has 0 saturated heterocycles. The number of aliphatic carboxylic acids is 2. The van der Waals surface area contributed by atoms with Crippen LogP contribution in [0, 0.1) is 5.92 Å². The molecule has 0 saturated carbocycles. The van der Waals surface area contributed by atoms with Gasteiger partial charge in [-0.3, -0.25) is 19.2 Å². The number of aliphatic hydroxyl groups excluding tert-OH is 1. The molecule has 37 heavy (non-hydrogen) atoms. The van der Waals surface area contributed by atoms with Crippen molar-refractivity contribution in [2.75, 3.05) is 6.54 Å². The third kappa shape index (κ3) is 11.4. The van der Waals surface area contributed by atoms with Gasteiger partial charge < -0.3 is 36.6 Å². The van der Waals surface area contributed by atoms with Gasteiger partial charge in [-0.25, -0.2) is 4.79 Å². The van der Waals surface area contributed by atoms with E-state index in [1.165, 1.54) is 13.8 Å². The highest BCUT2D eigenvalue weighted by Crippen LogP contribution is 2.05. The maximum absolute atomic E-state index is 12.9. The Morgan fingerprint density at radius 2 is 1.41 bits per heavy atom. The van der Waals surface area contributed by atoms with E-state index in [0.717, 1.165) is 5.56 Å². The van der Waals surface area contributed by atoms with Crippen molar-refractivity contribution in [3.8, 4) is 0 Å². The van der Waals surface area contributed by atoms with Crippen molar-refractivity contribution in [3.05, 3.63) is 35.9 Å². The summed E-state index contributed by atoms with van der Waals surface area (Å²) >= 11 is 0. The highest BCUT2D eigenvalue weighted by Gasteiger charge is 2.32. The number of nitrogens with one attached hydrogen (secondary N) is 4. The lowest BCUT2D eigenvalue weighted by Gasteiger charge is -2.26. The fourth-order valence-electron chi connectivity index (χ4n) is 3.45. The minimum atomic E-state index is -1.44. The fourth-order valence-corrected chi connectivity index (χ4v) is 3.45. The maximum Gasteiger partial charge on any atom is 0.326 e. The van der Waals surface area contributed by atoms with Crippen molar-refractivity contribution < 1.29 is 39.3 Å². The van der Waals surface area contributed by atoms with Crippen LogP contribution in [-0.2, 0) is 30.4 Å². The molecule has 0 aliphatic carbocycles. The molecule has 0 aliphatic rings. The lowest BCUT2D eigenvalue weighted by atomic mass is 10.0. The van der Waals surface area contributed by atoms with Crippen molar-refractivity contribution in [3.63, 3.8) is 0 Å². The van der Waals surface area contributed by atoms with E-state index in [9.17, 15) is 34.2 Å². The van der Waals surface area contributed by atoms with Crippen LogP contribution in [0.4, 0.5) is 0 Å². The van der Waals surface area contributed by atoms with Crippen LogP contribution in [0.2, 0.25) is 0 Å². The molecule has 0 aliphatic heterocycles. The van der Waals surface area contributed by atoms with Crippen molar-refractivity contribution in [2.24, 2.45) is 5.92 Å². The molecule has 0 bridgehead atoms. The average molecular weight is 523 g/mol. The predicted octanol–water partition coefficient (Wildman–Crippen LogP) is -0.352. The number of carbonyl (C=O) groups excluding carboxylic acids is 3. The van der Waals surface area contributed by atoms with E-state index < -0.39 is 65.8 Å². The normalized spacial score (nSPS) is 15.1. The Labute approximate surface area is 216 Å². The largest absolute Gasteiger partial charge is 0.481 e. The van der Waals surface area contributed by atoms with Crippen molar-refractivity contribution in [1.29, 1.82) is 0 Å². The van der Waals surface area contributed by atoms with Gasteiger partial charge in [0.1, 0.15) is 18.1 Å². The van der Waals surface area contributed by atoms with Crippen LogP contribution in [0.1, 0.15) is 46.1 Å². The fraction of sp³-hybridized carbons (Fsp3) is 0.560. The Morgan fingerprint density at radius 1 is 0.811 bits per heavy atom. The van der Waals surface area contributed by atoms with Crippen LogP contribution >= 0.6 is 0 Å². The zero-order valence-electron chi connectivity index (χ0n) is 21.6. The van der Waals surface area contributed by atoms with Crippen molar-refractivity contribution in [2.45, 2.75) is 77.2 Å². The van der Waals surface area contributed by atoms with E-state index in [0.29, 0.717) is 13.0 Å². The maximum atomic E-state index is 12.9. The first-order chi connectivity index (χ1) is 17.3. The third-order valence-electron chi connectivity index (χ3n) is 5.66. The number of rotatable bonds is 16. The topological polar surface area (TPSA) is 194 Å². The van der Waals surface area contributed by atoms with Gasteiger partial charge in [0, 0.05) is 6.42 Å². The second-order valence-corrected chi connectivity index (χ2v) is 9.20. The molecule has 3 amide bonds. The second-order valence-electron chi connectivity index (χ2n) is 9.20. The van der Waals surface area contributed by atoms with E-state index in [2.05, 4.69) is 21.3 Å². The molecule has 206 valence electrons.